The molecule has 2 bridgehead atoms. The zero-order valence-corrected chi connectivity index (χ0v) is 24.4. The van der Waals surface area contributed by atoms with Crippen molar-refractivity contribution in [3.63, 3.8) is 0 Å². The molecule has 2 unspecified atom stereocenters. The highest BCUT2D eigenvalue weighted by Gasteiger charge is 2.51. The molecule has 1 heterocycles. The predicted molar refractivity (Wildman–Crippen MR) is 158 cm³/mol. The first kappa shape index (κ1) is 27.7. The summed E-state index contributed by atoms with van der Waals surface area (Å²) >= 11 is 6.44. The number of carbonyl (C=O) groups is 2. The van der Waals surface area contributed by atoms with Crippen LogP contribution in [0, 0.1) is 31.1 Å². The smallest absolute Gasteiger partial charge is 0.321 e. The number of hydrogen-bond acceptors (Lipinski definition) is 3. The van der Waals surface area contributed by atoms with Gasteiger partial charge >= 0.3 is 6.03 Å². The van der Waals surface area contributed by atoms with Crippen LogP contribution in [0.5, 0.6) is 0 Å². The zero-order valence-electron chi connectivity index (χ0n) is 23.7. The highest BCUT2D eigenvalue weighted by molar-refractivity contribution is 6.33. The van der Waals surface area contributed by atoms with E-state index in [1.165, 1.54) is 12.0 Å². The fraction of sp³-hybridized carbons (Fsp3) is 0.500. The number of hydrogen-bond donors (Lipinski definition) is 1. The summed E-state index contributed by atoms with van der Waals surface area (Å²) in [5.74, 6) is 1.31. The third-order valence-electron chi connectivity index (χ3n) is 9.41. The Bertz CT molecular complexity index is 1240. The standard InChI is InChI=1S/C32H41ClN4O2/c1-22-8-7-9-23(2)29(22)34-31(39)36-17-14-35(15-18-36)16-19-37(30(38)26-10-5-6-11-28(26)33)21-24-12-13-25-20-27(24)32(25,3)4/h5-12,25,27H,13-21H2,1-4H3,(H,34,39). The number of nitrogens with one attached hydrogen (secondary N) is 1. The molecule has 1 aliphatic heterocycles. The average Bonchev–Trinajstić information content (AvgIpc) is 2.93. The van der Waals surface area contributed by atoms with Gasteiger partial charge < -0.3 is 15.1 Å². The van der Waals surface area contributed by atoms with Crippen LogP contribution in [0.1, 0.15) is 48.2 Å². The van der Waals surface area contributed by atoms with Crippen molar-refractivity contribution in [1.82, 2.24) is 14.7 Å². The SMILES string of the molecule is Cc1cccc(C)c1NC(=O)N1CCN(CCN(CC2=CCC3CC2C3(C)C)C(=O)c2ccccc2Cl)CC1. The number of fused-ring (bicyclic) bond motifs is 1. The lowest BCUT2D eigenvalue weighted by Crippen LogP contribution is -2.53. The normalized spacial score (nSPS) is 22.1. The van der Waals surface area contributed by atoms with Gasteiger partial charge in [0.1, 0.15) is 0 Å². The summed E-state index contributed by atoms with van der Waals surface area (Å²) in [7, 11) is 0. The van der Waals surface area contributed by atoms with E-state index in [-0.39, 0.29) is 11.9 Å². The zero-order chi connectivity index (χ0) is 27.7. The largest absolute Gasteiger partial charge is 0.333 e. The second-order valence-electron chi connectivity index (χ2n) is 12.1. The van der Waals surface area contributed by atoms with E-state index < -0.39 is 0 Å². The fourth-order valence-electron chi connectivity index (χ4n) is 6.57. The van der Waals surface area contributed by atoms with Crippen molar-refractivity contribution in [3.8, 4) is 0 Å². The summed E-state index contributed by atoms with van der Waals surface area (Å²) in [4.78, 5) is 32.9. The number of amides is 3. The molecule has 0 radical (unpaired) electrons. The second-order valence-corrected chi connectivity index (χ2v) is 12.5. The van der Waals surface area contributed by atoms with Gasteiger partial charge in [-0.15, -0.1) is 0 Å². The number of allylic oxidation sites excluding steroid dienone is 1. The molecule has 6 nitrogen and oxygen atoms in total. The monoisotopic (exact) mass is 548 g/mol. The minimum Gasteiger partial charge on any atom is -0.333 e. The Kier molecular flexibility index (Phi) is 8.06. The first-order valence-corrected chi connectivity index (χ1v) is 14.6. The fourth-order valence-corrected chi connectivity index (χ4v) is 6.78. The molecule has 1 N–H and O–H groups in total. The van der Waals surface area contributed by atoms with Gasteiger partial charge in [-0.25, -0.2) is 4.79 Å². The van der Waals surface area contributed by atoms with Crippen LogP contribution < -0.4 is 5.32 Å². The molecule has 39 heavy (non-hydrogen) atoms. The lowest BCUT2D eigenvalue weighted by molar-refractivity contribution is -0.0105. The van der Waals surface area contributed by atoms with Crippen LogP contribution in [0.2, 0.25) is 5.02 Å². The van der Waals surface area contributed by atoms with Gasteiger partial charge in [-0.05, 0) is 67.2 Å². The van der Waals surface area contributed by atoms with Crippen molar-refractivity contribution >= 4 is 29.2 Å². The van der Waals surface area contributed by atoms with Crippen LogP contribution in [0.4, 0.5) is 10.5 Å². The molecule has 1 saturated heterocycles. The van der Waals surface area contributed by atoms with Crippen LogP contribution in [-0.2, 0) is 0 Å². The molecule has 1 saturated carbocycles. The Morgan fingerprint density at radius 2 is 1.72 bits per heavy atom. The number of rotatable bonds is 7. The average molecular weight is 549 g/mol. The van der Waals surface area contributed by atoms with Gasteiger partial charge in [0.25, 0.3) is 5.91 Å². The number of para-hydroxylation sites is 1. The summed E-state index contributed by atoms with van der Waals surface area (Å²) in [6.07, 6.45) is 4.72. The van der Waals surface area contributed by atoms with E-state index in [1.54, 1.807) is 6.07 Å². The lowest BCUT2D eigenvalue weighted by atomic mass is 9.49. The summed E-state index contributed by atoms with van der Waals surface area (Å²) in [5.41, 5.74) is 5.32. The van der Waals surface area contributed by atoms with Crippen LogP contribution in [0.25, 0.3) is 0 Å². The number of halogens is 1. The van der Waals surface area contributed by atoms with Gasteiger partial charge in [0, 0.05) is 51.5 Å². The van der Waals surface area contributed by atoms with Crippen molar-refractivity contribution in [2.45, 2.75) is 40.5 Å². The molecule has 3 amide bonds. The van der Waals surface area contributed by atoms with E-state index in [1.807, 2.05) is 60.0 Å². The number of carbonyl (C=O) groups excluding carboxylic acids is 2. The molecule has 0 aromatic heterocycles. The Balaban J connectivity index is 1.20. The Labute approximate surface area is 238 Å². The topological polar surface area (TPSA) is 55.9 Å². The van der Waals surface area contributed by atoms with E-state index in [9.17, 15) is 9.59 Å². The van der Waals surface area contributed by atoms with E-state index in [2.05, 4.69) is 30.1 Å². The molecule has 2 aromatic carbocycles. The van der Waals surface area contributed by atoms with Crippen molar-refractivity contribution < 1.29 is 9.59 Å². The third kappa shape index (κ3) is 5.73. The van der Waals surface area contributed by atoms with Gasteiger partial charge in [-0.1, -0.05) is 67.4 Å². The van der Waals surface area contributed by atoms with Crippen LogP contribution in [0.3, 0.4) is 0 Å². The van der Waals surface area contributed by atoms with Crippen LogP contribution in [0.15, 0.2) is 54.1 Å². The van der Waals surface area contributed by atoms with Crippen LogP contribution >= 0.6 is 11.6 Å². The van der Waals surface area contributed by atoms with Crippen molar-refractivity contribution in [1.29, 1.82) is 0 Å². The van der Waals surface area contributed by atoms with E-state index in [0.717, 1.165) is 48.8 Å². The summed E-state index contributed by atoms with van der Waals surface area (Å²) < 4.78 is 0. The summed E-state index contributed by atoms with van der Waals surface area (Å²) in [5, 5.41) is 3.61. The van der Waals surface area contributed by atoms with Crippen LogP contribution in [-0.4, -0.2) is 72.5 Å². The molecule has 3 aliphatic carbocycles. The van der Waals surface area contributed by atoms with Crippen molar-refractivity contribution in [2.75, 3.05) is 51.1 Å². The molecule has 208 valence electrons. The predicted octanol–water partition coefficient (Wildman–Crippen LogP) is 6.24. The van der Waals surface area contributed by atoms with Gasteiger partial charge in [-0.2, -0.15) is 0 Å². The number of urea groups is 1. The van der Waals surface area contributed by atoms with Gasteiger partial charge in [-0.3, -0.25) is 9.69 Å². The van der Waals surface area contributed by atoms with Crippen molar-refractivity contribution in [3.05, 3.63) is 75.8 Å². The lowest BCUT2D eigenvalue weighted by Gasteiger charge is -2.57. The van der Waals surface area contributed by atoms with Gasteiger partial charge in [0.15, 0.2) is 0 Å². The second kappa shape index (κ2) is 11.3. The third-order valence-corrected chi connectivity index (χ3v) is 9.74. The Morgan fingerprint density at radius 3 is 2.36 bits per heavy atom. The molecule has 2 fully saturated rings. The van der Waals surface area contributed by atoms with E-state index in [0.29, 0.717) is 48.1 Å². The molecule has 6 rings (SSSR count). The summed E-state index contributed by atoms with van der Waals surface area (Å²) in [6.45, 7) is 13.7. The molecular formula is C32H41ClN4O2. The Morgan fingerprint density at radius 1 is 1.03 bits per heavy atom. The number of piperazine rings is 1. The quantitative estimate of drug-likeness (QED) is 0.417. The first-order chi connectivity index (χ1) is 18.6. The molecule has 2 aromatic rings. The molecular weight excluding hydrogens is 508 g/mol. The maximum atomic E-state index is 13.7. The number of benzene rings is 2. The maximum Gasteiger partial charge on any atom is 0.321 e. The van der Waals surface area contributed by atoms with Gasteiger partial charge in [0.2, 0.25) is 0 Å². The number of anilines is 1. The van der Waals surface area contributed by atoms with E-state index >= 15 is 0 Å². The molecule has 2 atom stereocenters. The van der Waals surface area contributed by atoms with E-state index in [4.69, 9.17) is 11.6 Å². The maximum absolute atomic E-state index is 13.7. The number of aryl methyl sites for hydroxylation is 2. The molecule has 0 spiro atoms. The van der Waals surface area contributed by atoms with Crippen molar-refractivity contribution in [2.24, 2.45) is 17.3 Å². The number of nitrogens with zero attached hydrogens (tertiary/aromatic N) is 3. The highest BCUT2D eigenvalue weighted by Crippen LogP contribution is 2.59. The highest BCUT2D eigenvalue weighted by atomic mass is 35.5. The van der Waals surface area contributed by atoms with Gasteiger partial charge in [0.05, 0.1) is 10.6 Å². The summed E-state index contributed by atoms with van der Waals surface area (Å²) in [6, 6.07) is 13.3. The minimum atomic E-state index is -0.0479. The molecule has 7 heteroatoms. The Hall–Kier alpha value is -2.83. The first-order valence-electron chi connectivity index (χ1n) is 14.2. The minimum absolute atomic E-state index is 0.00707. The molecule has 4 aliphatic rings.